The molecule has 1 aliphatic rings. The minimum atomic E-state index is 0.416. The normalized spacial score (nSPS) is 48.0. The van der Waals surface area contributed by atoms with Crippen molar-refractivity contribution in [2.45, 2.75) is 39.7 Å². The quantitative estimate of drug-likeness (QED) is 0.589. The van der Waals surface area contributed by atoms with E-state index in [1.807, 2.05) is 0 Å². The van der Waals surface area contributed by atoms with E-state index < -0.39 is 0 Å². The standard InChI is InChI=1S/C9H19N/c1-5-9(4)8(3)7(2)6-10-9/h7-8,10H,5-6H2,1-4H3. The summed E-state index contributed by atoms with van der Waals surface area (Å²) >= 11 is 0. The largest absolute Gasteiger partial charge is 0.311 e. The third-order valence-corrected chi connectivity index (χ3v) is 3.42. The van der Waals surface area contributed by atoms with Gasteiger partial charge >= 0.3 is 0 Å². The van der Waals surface area contributed by atoms with Gasteiger partial charge in [-0.3, -0.25) is 0 Å². The predicted molar refractivity (Wildman–Crippen MR) is 45.0 cm³/mol. The zero-order valence-corrected chi connectivity index (χ0v) is 7.57. The maximum absolute atomic E-state index is 3.58. The van der Waals surface area contributed by atoms with Gasteiger partial charge in [-0.15, -0.1) is 0 Å². The molecule has 10 heavy (non-hydrogen) atoms. The lowest BCUT2D eigenvalue weighted by molar-refractivity contribution is 0.285. The van der Waals surface area contributed by atoms with Crippen molar-refractivity contribution in [2.24, 2.45) is 11.8 Å². The minimum Gasteiger partial charge on any atom is -0.311 e. The summed E-state index contributed by atoms with van der Waals surface area (Å²) in [6.45, 7) is 10.5. The van der Waals surface area contributed by atoms with Crippen LogP contribution in [0.25, 0.3) is 0 Å². The Bertz CT molecular complexity index is 122. The van der Waals surface area contributed by atoms with E-state index in [2.05, 4.69) is 33.0 Å². The summed E-state index contributed by atoms with van der Waals surface area (Å²) in [6, 6.07) is 0. The van der Waals surface area contributed by atoms with E-state index in [0.717, 1.165) is 11.8 Å². The van der Waals surface area contributed by atoms with Crippen molar-refractivity contribution >= 4 is 0 Å². The van der Waals surface area contributed by atoms with E-state index in [0.29, 0.717) is 5.54 Å². The molecule has 1 heterocycles. The van der Waals surface area contributed by atoms with Crippen LogP contribution in [0.15, 0.2) is 0 Å². The Morgan fingerprint density at radius 3 is 2.30 bits per heavy atom. The first-order valence-corrected chi connectivity index (χ1v) is 4.35. The second kappa shape index (κ2) is 2.54. The van der Waals surface area contributed by atoms with E-state index >= 15 is 0 Å². The van der Waals surface area contributed by atoms with E-state index in [4.69, 9.17) is 0 Å². The Morgan fingerprint density at radius 1 is 1.50 bits per heavy atom. The van der Waals surface area contributed by atoms with Crippen LogP contribution in [-0.2, 0) is 0 Å². The van der Waals surface area contributed by atoms with Gasteiger partial charge in [-0.05, 0) is 31.7 Å². The topological polar surface area (TPSA) is 12.0 Å². The minimum absolute atomic E-state index is 0.416. The molecule has 0 amide bonds. The third-order valence-electron chi connectivity index (χ3n) is 3.42. The summed E-state index contributed by atoms with van der Waals surface area (Å²) in [5, 5.41) is 3.58. The number of hydrogen-bond acceptors (Lipinski definition) is 1. The SMILES string of the molecule is CCC1(C)NCC(C)C1C. The van der Waals surface area contributed by atoms with Gasteiger partial charge in [0.2, 0.25) is 0 Å². The Morgan fingerprint density at radius 2 is 2.10 bits per heavy atom. The van der Waals surface area contributed by atoms with E-state index in [9.17, 15) is 0 Å². The molecular formula is C9H19N. The molecule has 0 radical (unpaired) electrons. The van der Waals surface area contributed by atoms with Crippen molar-refractivity contribution in [3.05, 3.63) is 0 Å². The van der Waals surface area contributed by atoms with Gasteiger partial charge < -0.3 is 5.32 Å². The summed E-state index contributed by atoms with van der Waals surface area (Å²) < 4.78 is 0. The van der Waals surface area contributed by atoms with Crippen LogP contribution in [0.4, 0.5) is 0 Å². The Balaban J connectivity index is 2.64. The molecule has 0 spiro atoms. The summed E-state index contributed by atoms with van der Waals surface area (Å²) in [6.07, 6.45) is 1.25. The van der Waals surface area contributed by atoms with Crippen molar-refractivity contribution in [3.8, 4) is 0 Å². The molecule has 0 bridgehead atoms. The Kier molecular flexibility index (Phi) is 2.04. The first-order valence-electron chi connectivity index (χ1n) is 4.35. The van der Waals surface area contributed by atoms with Crippen LogP contribution in [0, 0.1) is 11.8 Å². The van der Waals surface area contributed by atoms with Crippen molar-refractivity contribution in [1.29, 1.82) is 0 Å². The lowest BCUT2D eigenvalue weighted by Gasteiger charge is -2.29. The molecule has 1 nitrogen and oxygen atoms in total. The molecule has 1 aliphatic heterocycles. The molecule has 0 aromatic carbocycles. The predicted octanol–water partition coefficient (Wildman–Crippen LogP) is 2.03. The van der Waals surface area contributed by atoms with Crippen LogP contribution < -0.4 is 5.32 Å². The molecule has 0 aromatic heterocycles. The van der Waals surface area contributed by atoms with E-state index in [1.54, 1.807) is 0 Å². The van der Waals surface area contributed by atoms with Crippen LogP contribution in [-0.4, -0.2) is 12.1 Å². The molecular weight excluding hydrogens is 122 g/mol. The molecule has 1 fully saturated rings. The fourth-order valence-corrected chi connectivity index (χ4v) is 1.81. The molecule has 0 saturated carbocycles. The second-order valence-corrected chi connectivity index (χ2v) is 3.92. The van der Waals surface area contributed by atoms with Crippen molar-refractivity contribution in [3.63, 3.8) is 0 Å². The lowest BCUT2D eigenvalue weighted by atomic mass is 9.82. The molecule has 1 saturated heterocycles. The van der Waals surface area contributed by atoms with Gasteiger partial charge in [-0.2, -0.15) is 0 Å². The first-order chi connectivity index (χ1) is 4.60. The van der Waals surface area contributed by atoms with Crippen LogP contribution in [0.5, 0.6) is 0 Å². The molecule has 1 rings (SSSR count). The molecule has 60 valence electrons. The number of hydrogen-bond donors (Lipinski definition) is 1. The smallest absolute Gasteiger partial charge is 0.0179 e. The van der Waals surface area contributed by atoms with Crippen molar-refractivity contribution in [1.82, 2.24) is 5.32 Å². The van der Waals surface area contributed by atoms with Crippen LogP contribution in [0.2, 0.25) is 0 Å². The fourth-order valence-electron chi connectivity index (χ4n) is 1.81. The lowest BCUT2D eigenvalue weighted by Crippen LogP contribution is -2.39. The van der Waals surface area contributed by atoms with Crippen LogP contribution in [0.1, 0.15) is 34.1 Å². The van der Waals surface area contributed by atoms with E-state index in [1.165, 1.54) is 13.0 Å². The molecule has 1 heteroatoms. The summed E-state index contributed by atoms with van der Waals surface area (Å²) in [7, 11) is 0. The monoisotopic (exact) mass is 141 g/mol. The zero-order chi connectivity index (χ0) is 7.78. The van der Waals surface area contributed by atoms with E-state index in [-0.39, 0.29) is 0 Å². The summed E-state index contributed by atoms with van der Waals surface area (Å²) in [5.41, 5.74) is 0.416. The van der Waals surface area contributed by atoms with Gasteiger partial charge in [0.1, 0.15) is 0 Å². The molecule has 0 aliphatic carbocycles. The Hall–Kier alpha value is -0.0400. The second-order valence-electron chi connectivity index (χ2n) is 3.92. The highest BCUT2D eigenvalue weighted by atomic mass is 15.0. The highest BCUT2D eigenvalue weighted by Gasteiger charge is 2.37. The van der Waals surface area contributed by atoms with Crippen molar-refractivity contribution < 1.29 is 0 Å². The van der Waals surface area contributed by atoms with Gasteiger partial charge in [0.25, 0.3) is 0 Å². The highest BCUT2D eigenvalue weighted by Crippen LogP contribution is 2.32. The highest BCUT2D eigenvalue weighted by molar-refractivity contribution is 4.95. The van der Waals surface area contributed by atoms with Gasteiger partial charge in [-0.1, -0.05) is 20.8 Å². The zero-order valence-electron chi connectivity index (χ0n) is 7.57. The average molecular weight is 141 g/mol. The summed E-state index contributed by atoms with van der Waals surface area (Å²) in [4.78, 5) is 0. The Labute approximate surface area is 64.2 Å². The van der Waals surface area contributed by atoms with Crippen LogP contribution in [0.3, 0.4) is 0 Å². The maximum atomic E-state index is 3.58. The molecule has 3 atom stereocenters. The average Bonchev–Trinajstić information content (AvgIpc) is 2.19. The van der Waals surface area contributed by atoms with Gasteiger partial charge in [0.05, 0.1) is 0 Å². The van der Waals surface area contributed by atoms with Gasteiger partial charge in [0, 0.05) is 5.54 Å². The molecule has 1 N–H and O–H groups in total. The number of nitrogens with one attached hydrogen (secondary N) is 1. The van der Waals surface area contributed by atoms with Gasteiger partial charge in [0.15, 0.2) is 0 Å². The third kappa shape index (κ3) is 1.07. The summed E-state index contributed by atoms with van der Waals surface area (Å²) in [5.74, 6) is 1.68. The number of rotatable bonds is 1. The first kappa shape index (κ1) is 8.06. The fraction of sp³-hybridized carbons (Fsp3) is 1.00. The maximum Gasteiger partial charge on any atom is 0.0179 e. The van der Waals surface area contributed by atoms with Gasteiger partial charge in [-0.25, -0.2) is 0 Å². The molecule has 3 unspecified atom stereocenters. The van der Waals surface area contributed by atoms with Crippen molar-refractivity contribution in [2.75, 3.05) is 6.54 Å². The molecule has 0 aromatic rings. The van der Waals surface area contributed by atoms with Crippen LogP contribution >= 0.6 is 0 Å².